The summed E-state index contributed by atoms with van der Waals surface area (Å²) in [7, 11) is 0. The Morgan fingerprint density at radius 3 is 2.64 bits per heavy atom. The van der Waals surface area contributed by atoms with Crippen LogP contribution in [0.25, 0.3) is 10.6 Å². The van der Waals surface area contributed by atoms with Crippen LogP contribution in [-0.2, 0) is 19.3 Å². The molecule has 0 saturated heterocycles. The topological polar surface area (TPSA) is 12.9 Å². The van der Waals surface area contributed by atoms with E-state index in [1.54, 1.807) is 11.3 Å². The van der Waals surface area contributed by atoms with Crippen LogP contribution in [-0.4, -0.2) is 4.98 Å². The molecule has 0 radical (unpaired) electrons. The smallest absolute Gasteiger partial charge is 0.123 e. The fourth-order valence-corrected chi connectivity index (χ4v) is 5.05. The number of thiazole rings is 1. The van der Waals surface area contributed by atoms with Gasteiger partial charge in [0.05, 0.1) is 5.69 Å². The summed E-state index contributed by atoms with van der Waals surface area (Å²) >= 11 is 4.19. The third kappa shape index (κ3) is 3.68. The van der Waals surface area contributed by atoms with Gasteiger partial charge in [-0.3, -0.25) is 0 Å². The summed E-state index contributed by atoms with van der Waals surface area (Å²) in [5, 5.41) is 3.38. The molecule has 25 heavy (non-hydrogen) atoms. The zero-order chi connectivity index (χ0) is 17.4. The number of hydrogen-bond donors (Lipinski definition) is 0. The molecule has 1 heterocycles. The molecule has 4 rings (SSSR count). The number of halogens is 1. The number of rotatable bonds is 3. The van der Waals surface area contributed by atoms with Crippen molar-refractivity contribution in [3.8, 4) is 10.6 Å². The number of hydrogen-bond acceptors (Lipinski definition) is 2. The largest absolute Gasteiger partial charge is 0.241 e. The van der Waals surface area contributed by atoms with Crippen LogP contribution in [0.4, 0.5) is 0 Å². The third-order valence-corrected chi connectivity index (χ3v) is 7.24. The van der Waals surface area contributed by atoms with Crippen LogP contribution >= 0.6 is 33.9 Å². The molecule has 3 aromatic rings. The fraction of sp³-hybridized carbons (Fsp3) is 0.318. The van der Waals surface area contributed by atoms with Gasteiger partial charge in [-0.2, -0.15) is 0 Å². The van der Waals surface area contributed by atoms with Gasteiger partial charge in [0.2, 0.25) is 0 Å². The summed E-state index contributed by atoms with van der Waals surface area (Å²) in [4.78, 5) is 4.93. The van der Waals surface area contributed by atoms with Gasteiger partial charge in [-0.15, -0.1) is 11.3 Å². The van der Waals surface area contributed by atoms with Gasteiger partial charge < -0.3 is 0 Å². The summed E-state index contributed by atoms with van der Waals surface area (Å²) in [6, 6.07) is 11.5. The van der Waals surface area contributed by atoms with E-state index in [0.29, 0.717) is 0 Å². The Bertz CT molecular complexity index is 926. The summed E-state index contributed by atoms with van der Waals surface area (Å²) in [5.41, 5.74) is 9.64. The quantitative estimate of drug-likeness (QED) is 0.408. The molecule has 0 saturated carbocycles. The highest BCUT2D eigenvalue weighted by Crippen LogP contribution is 2.30. The van der Waals surface area contributed by atoms with Gasteiger partial charge in [0, 0.05) is 20.9 Å². The normalized spacial score (nSPS) is 13.7. The van der Waals surface area contributed by atoms with Crippen LogP contribution in [0.2, 0.25) is 0 Å². The fourth-order valence-electron chi connectivity index (χ4n) is 3.61. The molecule has 1 nitrogen and oxygen atoms in total. The van der Waals surface area contributed by atoms with E-state index in [4.69, 9.17) is 4.98 Å². The standard InChI is InChI=1S/C22H22INS/c1-14-10-21(23)15(2)9-19(14)12-20-13-25-22(24-20)18-8-7-16-5-3-4-6-17(16)11-18/h7-11,13H,3-6,12H2,1-2H3. The minimum atomic E-state index is 0.922. The molecular weight excluding hydrogens is 437 g/mol. The van der Waals surface area contributed by atoms with E-state index >= 15 is 0 Å². The average Bonchev–Trinajstić information content (AvgIpc) is 3.08. The van der Waals surface area contributed by atoms with Gasteiger partial charge in [-0.25, -0.2) is 4.98 Å². The highest BCUT2D eigenvalue weighted by Gasteiger charge is 2.13. The Hall–Kier alpha value is -1.20. The van der Waals surface area contributed by atoms with Crippen molar-refractivity contribution in [1.29, 1.82) is 0 Å². The van der Waals surface area contributed by atoms with E-state index in [9.17, 15) is 0 Å². The molecule has 3 heteroatoms. The molecule has 0 N–H and O–H groups in total. The van der Waals surface area contributed by atoms with Crippen LogP contribution in [0.3, 0.4) is 0 Å². The molecule has 1 aliphatic carbocycles. The van der Waals surface area contributed by atoms with Gasteiger partial charge in [0.25, 0.3) is 0 Å². The van der Waals surface area contributed by atoms with Crippen molar-refractivity contribution in [2.24, 2.45) is 0 Å². The van der Waals surface area contributed by atoms with Gasteiger partial charge in [-0.1, -0.05) is 18.2 Å². The molecule has 2 aromatic carbocycles. The number of nitrogens with zero attached hydrogens (tertiary/aromatic N) is 1. The summed E-state index contributed by atoms with van der Waals surface area (Å²) in [6.07, 6.45) is 6.05. The highest BCUT2D eigenvalue weighted by atomic mass is 127. The maximum Gasteiger partial charge on any atom is 0.123 e. The molecule has 0 aliphatic heterocycles. The van der Waals surface area contributed by atoms with E-state index < -0.39 is 0 Å². The predicted octanol–water partition coefficient (Wildman–Crippen LogP) is 6.50. The molecule has 1 aromatic heterocycles. The Morgan fingerprint density at radius 1 is 1.00 bits per heavy atom. The molecule has 0 spiro atoms. The van der Waals surface area contributed by atoms with Crippen LogP contribution in [0.5, 0.6) is 0 Å². The molecule has 0 unspecified atom stereocenters. The second-order valence-corrected chi connectivity index (χ2v) is 9.06. The highest BCUT2D eigenvalue weighted by molar-refractivity contribution is 14.1. The first-order valence-corrected chi connectivity index (χ1v) is 10.9. The van der Waals surface area contributed by atoms with Crippen molar-refractivity contribution in [1.82, 2.24) is 4.98 Å². The lowest BCUT2D eigenvalue weighted by atomic mass is 9.90. The van der Waals surface area contributed by atoms with E-state index in [-0.39, 0.29) is 0 Å². The van der Waals surface area contributed by atoms with Crippen LogP contribution in [0, 0.1) is 17.4 Å². The molecule has 0 amide bonds. The predicted molar refractivity (Wildman–Crippen MR) is 116 cm³/mol. The first-order chi connectivity index (χ1) is 12.1. The number of fused-ring (bicyclic) bond motifs is 1. The molecule has 0 fully saturated rings. The first kappa shape index (κ1) is 17.2. The van der Waals surface area contributed by atoms with Gasteiger partial charge >= 0.3 is 0 Å². The molecule has 0 bridgehead atoms. The van der Waals surface area contributed by atoms with Crippen LogP contribution < -0.4 is 0 Å². The number of benzene rings is 2. The minimum absolute atomic E-state index is 0.922. The van der Waals surface area contributed by atoms with Gasteiger partial charge in [-0.05, 0) is 102 Å². The Labute approximate surface area is 167 Å². The van der Waals surface area contributed by atoms with Crippen molar-refractivity contribution >= 4 is 33.9 Å². The van der Waals surface area contributed by atoms with Gasteiger partial charge in [0.1, 0.15) is 5.01 Å². The monoisotopic (exact) mass is 459 g/mol. The van der Waals surface area contributed by atoms with E-state index in [1.165, 1.54) is 68.3 Å². The first-order valence-electron chi connectivity index (χ1n) is 8.92. The zero-order valence-electron chi connectivity index (χ0n) is 14.7. The zero-order valence-corrected chi connectivity index (χ0v) is 17.7. The number of aryl methyl sites for hydroxylation is 4. The molecule has 128 valence electrons. The average molecular weight is 459 g/mol. The molecule has 0 atom stereocenters. The Balaban J connectivity index is 1.59. The summed E-state index contributed by atoms with van der Waals surface area (Å²) in [5.74, 6) is 0. The SMILES string of the molecule is Cc1cc(Cc2csc(-c3ccc4c(c3)CCCC4)n2)c(C)cc1I. The maximum atomic E-state index is 4.93. The van der Waals surface area contributed by atoms with E-state index in [0.717, 1.165) is 11.4 Å². The maximum absolute atomic E-state index is 4.93. The summed E-state index contributed by atoms with van der Waals surface area (Å²) < 4.78 is 1.34. The summed E-state index contributed by atoms with van der Waals surface area (Å²) in [6.45, 7) is 4.39. The minimum Gasteiger partial charge on any atom is -0.241 e. The third-order valence-electron chi connectivity index (χ3n) is 5.14. The Morgan fingerprint density at radius 2 is 1.80 bits per heavy atom. The lowest BCUT2D eigenvalue weighted by Crippen LogP contribution is -2.02. The lowest BCUT2D eigenvalue weighted by Gasteiger charge is -2.15. The second-order valence-electron chi connectivity index (χ2n) is 7.04. The van der Waals surface area contributed by atoms with Crippen molar-refractivity contribution in [2.75, 3.05) is 0 Å². The lowest BCUT2D eigenvalue weighted by molar-refractivity contribution is 0.686. The van der Waals surface area contributed by atoms with Crippen molar-refractivity contribution in [3.63, 3.8) is 0 Å². The van der Waals surface area contributed by atoms with Crippen LogP contribution in [0.15, 0.2) is 35.7 Å². The second kappa shape index (κ2) is 7.20. The Kier molecular flexibility index (Phi) is 4.96. The van der Waals surface area contributed by atoms with Crippen molar-refractivity contribution in [3.05, 3.63) is 72.8 Å². The molecule has 1 aliphatic rings. The van der Waals surface area contributed by atoms with Crippen LogP contribution in [0.1, 0.15) is 46.4 Å². The van der Waals surface area contributed by atoms with Crippen molar-refractivity contribution < 1.29 is 0 Å². The van der Waals surface area contributed by atoms with E-state index in [1.807, 2.05) is 0 Å². The van der Waals surface area contributed by atoms with Gasteiger partial charge in [0.15, 0.2) is 0 Å². The molecular formula is C22H22INS. The number of aromatic nitrogens is 1. The van der Waals surface area contributed by atoms with Crippen molar-refractivity contribution in [2.45, 2.75) is 46.0 Å². The van der Waals surface area contributed by atoms with E-state index in [2.05, 4.69) is 72.2 Å².